The van der Waals surface area contributed by atoms with Crippen LogP contribution in [0.5, 0.6) is 11.5 Å². The lowest BCUT2D eigenvalue weighted by molar-refractivity contribution is 0.322. The van der Waals surface area contributed by atoms with Gasteiger partial charge in [0.05, 0.1) is 24.6 Å². The quantitative estimate of drug-likeness (QED) is 0.791. The van der Waals surface area contributed by atoms with Gasteiger partial charge in [-0.15, -0.1) is 0 Å². The minimum atomic E-state index is -0.469. The molecule has 0 atom stereocenters. The number of nitrogens with two attached hydrogens (primary N) is 1. The molecule has 0 saturated heterocycles. The summed E-state index contributed by atoms with van der Waals surface area (Å²) in [6.07, 6.45) is 0. The van der Waals surface area contributed by atoms with Gasteiger partial charge >= 0.3 is 0 Å². The molecule has 0 unspecified atom stereocenters. The van der Waals surface area contributed by atoms with E-state index in [9.17, 15) is 4.39 Å². The fourth-order valence-electron chi connectivity index (χ4n) is 1.93. The topological polar surface area (TPSA) is 56.5 Å². The molecule has 0 saturated carbocycles. The van der Waals surface area contributed by atoms with Crippen LogP contribution in [0, 0.1) is 5.82 Å². The zero-order chi connectivity index (χ0) is 15.2. The molecular formula is C16H19FN2O2. The van der Waals surface area contributed by atoms with E-state index in [1.807, 2.05) is 31.2 Å². The van der Waals surface area contributed by atoms with Crippen LogP contribution in [0.1, 0.15) is 13.8 Å². The summed E-state index contributed by atoms with van der Waals surface area (Å²) in [6, 6.07) is 10.3. The van der Waals surface area contributed by atoms with Crippen LogP contribution in [0.25, 0.3) is 0 Å². The summed E-state index contributed by atoms with van der Waals surface area (Å²) in [5.74, 6) is 0.464. The van der Waals surface area contributed by atoms with Crippen LogP contribution in [0.3, 0.4) is 0 Å². The van der Waals surface area contributed by atoms with Crippen molar-refractivity contribution in [1.29, 1.82) is 0 Å². The average molecular weight is 290 g/mol. The summed E-state index contributed by atoms with van der Waals surface area (Å²) in [5, 5.41) is 3.15. The average Bonchev–Trinajstić information content (AvgIpc) is 2.45. The van der Waals surface area contributed by atoms with Crippen LogP contribution >= 0.6 is 0 Å². The molecule has 0 fully saturated rings. The first-order valence-electron chi connectivity index (χ1n) is 6.85. The zero-order valence-electron chi connectivity index (χ0n) is 12.2. The lowest BCUT2D eigenvalue weighted by Crippen LogP contribution is -2.01. The molecule has 0 aromatic heterocycles. The van der Waals surface area contributed by atoms with Crippen molar-refractivity contribution < 1.29 is 13.9 Å². The van der Waals surface area contributed by atoms with Crippen LogP contribution in [-0.4, -0.2) is 13.2 Å². The maximum atomic E-state index is 13.7. The van der Waals surface area contributed by atoms with Crippen molar-refractivity contribution in [2.45, 2.75) is 13.8 Å². The van der Waals surface area contributed by atoms with E-state index in [0.29, 0.717) is 24.6 Å². The summed E-state index contributed by atoms with van der Waals surface area (Å²) in [7, 11) is 0. The van der Waals surface area contributed by atoms with Crippen molar-refractivity contribution in [3.8, 4) is 11.5 Å². The molecular weight excluding hydrogens is 271 g/mol. The van der Waals surface area contributed by atoms with Gasteiger partial charge in [0.1, 0.15) is 5.75 Å². The van der Waals surface area contributed by atoms with Crippen molar-refractivity contribution >= 4 is 17.1 Å². The Labute approximate surface area is 123 Å². The van der Waals surface area contributed by atoms with E-state index in [1.165, 1.54) is 6.07 Å². The molecule has 112 valence electrons. The highest BCUT2D eigenvalue weighted by atomic mass is 19.1. The summed E-state index contributed by atoms with van der Waals surface area (Å²) < 4.78 is 24.3. The number of benzene rings is 2. The molecule has 0 aliphatic carbocycles. The molecule has 2 rings (SSSR count). The van der Waals surface area contributed by atoms with Crippen LogP contribution in [0.15, 0.2) is 36.4 Å². The molecule has 5 heteroatoms. The van der Waals surface area contributed by atoms with Gasteiger partial charge in [-0.05, 0) is 26.0 Å². The molecule has 0 amide bonds. The van der Waals surface area contributed by atoms with E-state index in [2.05, 4.69) is 5.32 Å². The van der Waals surface area contributed by atoms with Gasteiger partial charge in [0.15, 0.2) is 11.6 Å². The molecule has 0 heterocycles. The Morgan fingerprint density at radius 2 is 1.86 bits per heavy atom. The van der Waals surface area contributed by atoms with Crippen LogP contribution < -0.4 is 20.5 Å². The van der Waals surface area contributed by atoms with E-state index in [1.54, 1.807) is 13.0 Å². The Bertz CT molecular complexity index is 617. The standard InChI is InChI=1S/C16H19FN2O2/c1-3-20-12-7-5-6-11(8-12)19-15-10-16(21-4-2)13(17)9-14(15)18/h5-10,19H,3-4,18H2,1-2H3. The predicted molar refractivity (Wildman–Crippen MR) is 82.9 cm³/mol. The van der Waals surface area contributed by atoms with Gasteiger partial charge < -0.3 is 20.5 Å². The number of ether oxygens (including phenoxy) is 2. The van der Waals surface area contributed by atoms with Crippen LogP contribution in [0.2, 0.25) is 0 Å². The summed E-state index contributed by atoms with van der Waals surface area (Å²) >= 11 is 0. The van der Waals surface area contributed by atoms with Crippen molar-refractivity contribution in [2.75, 3.05) is 24.3 Å². The summed E-state index contributed by atoms with van der Waals surface area (Å²) in [4.78, 5) is 0. The van der Waals surface area contributed by atoms with Crippen LogP contribution in [0.4, 0.5) is 21.5 Å². The second kappa shape index (κ2) is 6.83. The molecule has 0 aliphatic rings. The van der Waals surface area contributed by atoms with Gasteiger partial charge in [-0.25, -0.2) is 4.39 Å². The SMILES string of the molecule is CCOc1cccc(Nc2cc(OCC)c(F)cc2N)c1. The largest absolute Gasteiger partial charge is 0.494 e. The molecule has 0 aliphatic heterocycles. The summed E-state index contributed by atoms with van der Waals surface area (Å²) in [6.45, 7) is 4.71. The Kier molecular flexibility index (Phi) is 4.87. The molecule has 21 heavy (non-hydrogen) atoms. The van der Waals surface area contributed by atoms with E-state index in [4.69, 9.17) is 15.2 Å². The van der Waals surface area contributed by atoms with Gasteiger partial charge in [0, 0.05) is 23.9 Å². The monoisotopic (exact) mass is 290 g/mol. The van der Waals surface area contributed by atoms with Crippen molar-refractivity contribution in [2.24, 2.45) is 0 Å². The number of hydrogen-bond acceptors (Lipinski definition) is 4. The second-order valence-corrected chi connectivity index (χ2v) is 4.39. The first-order valence-corrected chi connectivity index (χ1v) is 6.85. The van der Waals surface area contributed by atoms with E-state index in [0.717, 1.165) is 11.4 Å². The third-order valence-electron chi connectivity index (χ3n) is 2.83. The minimum Gasteiger partial charge on any atom is -0.494 e. The van der Waals surface area contributed by atoms with Gasteiger partial charge in [-0.1, -0.05) is 6.07 Å². The van der Waals surface area contributed by atoms with Crippen molar-refractivity contribution in [3.63, 3.8) is 0 Å². The van der Waals surface area contributed by atoms with E-state index >= 15 is 0 Å². The first-order chi connectivity index (χ1) is 10.1. The fourth-order valence-corrected chi connectivity index (χ4v) is 1.93. The maximum absolute atomic E-state index is 13.7. The third kappa shape index (κ3) is 3.78. The fraction of sp³-hybridized carbons (Fsp3) is 0.250. The van der Waals surface area contributed by atoms with Gasteiger partial charge in [0.2, 0.25) is 0 Å². The molecule has 2 aromatic rings. The maximum Gasteiger partial charge on any atom is 0.167 e. The second-order valence-electron chi connectivity index (χ2n) is 4.39. The van der Waals surface area contributed by atoms with E-state index in [-0.39, 0.29) is 5.75 Å². The highest BCUT2D eigenvalue weighted by Gasteiger charge is 2.09. The Balaban J connectivity index is 2.26. The Morgan fingerprint density at radius 1 is 1.10 bits per heavy atom. The normalized spacial score (nSPS) is 10.2. The molecule has 0 radical (unpaired) electrons. The number of rotatable bonds is 6. The zero-order valence-corrected chi connectivity index (χ0v) is 12.2. The predicted octanol–water partition coefficient (Wildman–Crippen LogP) is 3.95. The molecule has 3 N–H and O–H groups in total. The van der Waals surface area contributed by atoms with Crippen molar-refractivity contribution in [1.82, 2.24) is 0 Å². The minimum absolute atomic E-state index is 0.176. The number of halogens is 1. The molecule has 0 bridgehead atoms. The lowest BCUT2D eigenvalue weighted by Gasteiger charge is -2.13. The Hall–Kier alpha value is -2.43. The smallest absolute Gasteiger partial charge is 0.167 e. The number of hydrogen-bond donors (Lipinski definition) is 2. The van der Waals surface area contributed by atoms with Gasteiger partial charge in [-0.2, -0.15) is 0 Å². The van der Waals surface area contributed by atoms with Gasteiger partial charge in [0.25, 0.3) is 0 Å². The summed E-state index contributed by atoms with van der Waals surface area (Å²) in [5.41, 5.74) is 7.56. The number of nitrogen functional groups attached to an aromatic ring is 1. The molecule has 2 aromatic carbocycles. The van der Waals surface area contributed by atoms with Crippen molar-refractivity contribution in [3.05, 3.63) is 42.2 Å². The van der Waals surface area contributed by atoms with Crippen LogP contribution in [-0.2, 0) is 0 Å². The Morgan fingerprint density at radius 3 is 2.57 bits per heavy atom. The number of anilines is 3. The highest BCUT2D eigenvalue weighted by Crippen LogP contribution is 2.31. The molecule has 4 nitrogen and oxygen atoms in total. The first kappa shape index (κ1) is 15.0. The highest BCUT2D eigenvalue weighted by molar-refractivity contribution is 5.74. The third-order valence-corrected chi connectivity index (χ3v) is 2.83. The lowest BCUT2D eigenvalue weighted by atomic mass is 10.2. The number of nitrogens with one attached hydrogen (secondary N) is 1. The van der Waals surface area contributed by atoms with E-state index < -0.39 is 5.82 Å². The molecule has 0 spiro atoms. The van der Waals surface area contributed by atoms with Gasteiger partial charge in [-0.3, -0.25) is 0 Å².